The summed E-state index contributed by atoms with van der Waals surface area (Å²) < 4.78 is 3.80. The van der Waals surface area contributed by atoms with Gasteiger partial charge < -0.3 is 5.11 Å². The highest BCUT2D eigenvalue weighted by Gasteiger charge is 2.20. The molecule has 2 rings (SSSR count). The topological polar surface area (TPSA) is 50.9 Å². The van der Waals surface area contributed by atoms with E-state index in [-0.39, 0.29) is 0 Å². The van der Waals surface area contributed by atoms with Gasteiger partial charge in [-0.25, -0.2) is 4.68 Å². The normalized spacial score (nSPS) is 11.8. The minimum absolute atomic E-state index is 0.551. The van der Waals surface area contributed by atoms with Gasteiger partial charge in [-0.05, 0) is 70.6 Å². The van der Waals surface area contributed by atoms with Gasteiger partial charge in [0, 0.05) is 8.04 Å². The van der Waals surface area contributed by atoms with Crippen molar-refractivity contribution in [1.82, 2.24) is 15.0 Å². The SMILES string of the molecule is CC(C)(O)c1cn(-c2ccc(Br)c(I)c2)nn1. The molecule has 90 valence electrons. The van der Waals surface area contributed by atoms with Gasteiger partial charge >= 0.3 is 0 Å². The smallest absolute Gasteiger partial charge is 0.114 e. The fourth-order valence-electron chi connectivity index (χ4n) is 1.30. The number of hydrogen-bond donors (Lipinski definition) is 1. The Labute approximate surface area is 121 Å². The number of aliphatic hydroxyl groups is 1. The van der Waals surface area contributed by atoms with Crippen LogP contribution in [0.15, 0.2) is 28.9 Å². The van der Waals surface area contributed by atoms with Gasteiger partial charge in [0.1, 0.15) is 11.3 Å². The second kappa shape index (κ2) is 4.66. The molecule has 0 spiro atoms. The second-order valence-corrected chi connectivity index (χ2v) is 6.22. The molecular weight excluding hydrogens is 397 g/mol. The zero-order valence-electron chi connectivity index (χ0n) is 9.35. The van der Waals surface area contributed by atoms with Gasteiger partial charge in [-0.1, -0.05) is 5.21 Å². The molecule has 0 saturated heterocycles. The molecule has 0 amide bonds. The van der Waals surface area contributed by atoms with Gasteiger partial charge in [-0.15, -0.1) is 5.10 Å². The monoisotopic (exact) mass is 407 g/mol. The average molecular weight is 408 g/mol. The number of benzene rings is 1. The number of aromatic nitrogens is 3. The van der Waals surface area contributed by atoms with E-state index in [0.717, 1.165) is 13.7 Å². The van der Waals surface area contributed by atoms with Gasteiger partial charge in [0.05, 0.1) is 11.9 Å². The highest BCUT2D eigenvalue weighted by Crippen LogP contribution is 2.23. The number of hydrogen-bond acceptors (Lipinski definition) is 3. The molecule has 0 radical (unpaired) electrons. The van der Waals surface area contributed by atoms with E-state index in [2.05, 4.69) is 48.8 Å². The molecule has 1 heterocycles. The lowest BCUT2D eigenvalue weighted by atomic mass is 10.1. The largest absolute Gasteiger partial charge is 0.384 e. The van der Waals surface area contributed by atoms with E-state index in [1.807, 2.05) is 18.2 Å². The summed E-state index contributed by atoms with van der Waals surface area (Å²) in [4.78, 5) is 0. The molecule has 0 aliphatic rings. The van der Waals surface area contributed by atoms with Crippen molar-refractivity contribution in [2.75, 3.05) is 0 Å². The van der Waals surface area contributed by atoms with Crippen LogP contribution in [-0.4, -0.2) is 20.1 Å². The van der Waals surface area contributed by atoms with Crippen LogP contribution in [0.4, 0.5) is 0 Å². The van der Waals surface area contributed by atoms with E-state index in [1.165, 1.54) is 0 Å². The van der Waals surface area contributed by atoms with Crippen molar-refractivity contribution in [2.24, 2.45) is 0 Å². The molecule has 0 unspecified atom stereocenters. The molecule has 1 aromatic heterocycles. The fourth-order valence-corrected chi connectivity index (χ4v) is 2.04. The Morgan fingerprint density at radius 1 is 1.41 bits per heavy atom. The van der Waals surface area contributed by atoms with Crippen molar-refractivity contribution in [3.05, 3.63) is 38.1 Å². The Balaban J connectivity index is 2.40. The third-order valence-corrected chi connectivity index (χ3v) is 4.61. The maximum Gasteiger partial charge on any atom is 0.114 e. The molecule has 0 aliphatic carbocycles. The Hall–Kier alpha value is -0.470. The fraction of sp³-hybridized carbons (Fsp3) is 0.273. The first kappa shape index (κ1) is 13.0. The Kier molecular flexibility index (Phi) is 3.55. The Morgan fingerprint density at radius 2 is 2.12 bits per heavy atom. The Morgan fingerprint density at radius 3 is 2.65 bits per heavy atom. The molecule has 0 aliphatic heterocycles. The maximum atomic E-state index is 9.82. The number of halogens is 2. The van der Waals surface area contributed by atoms with Crippen LogP contribution in [0.2, 0.25) is 0 Å². The average Bonchev–Trinajstić information content (AvgIpc) is 2.70. The first-order valence-corrected chi connectivity index (χ1v) is 6.86. The van der Waals surface area contributed by atoms with Crippen LogP contribution in [0, 0.1) is 3.57 Å². The zero-order valence-corrected chi connectivity index (χ0v) is 13.1. The van der Waals surface area contributed by atoms with Gasteiger partial charge in [-0.3, -0.25) is 0 Å². The molecule has 17 heavy (non-hydrogen) atoms. The third-order valence-electron chi connectivity index (χ3n) is 2.29. The standard InChI is InChI=1S/C11H11BrIN3O/c1-11(2,17)10-6-16(15-14-10)7-3-4-8(12)9(13)5-7/h3-6,17H,1-2H3. The van der Waals surface area contributed by atoms with E-state index in [1.54, 1.807) is 24.7 Å². The minimum Gasteiger partial charge on any atom is -0.384 e. The van der Waals surface area contributed by atoms with Gasteiger partial charge in [-0.2, -0.15) is 0 Å². The summed E-state index contributed by atoms with van der Waals surface area (Å²) in [5.41, 5.74) is 0.497. The molecule has 4 nitrogen and oxygen atoms in total. The molecule has 0 fully saturated rings. The lowest BCUT2D eigenvalue weighted by Gasteiger charge is -2.11. The lowest BCUT2D eigenvalue weighted by Crippen LogP contribution is -2.15. The van der Waals surface area contributed by atoms with Crippen LogP contribution < -0.4 is 0 Å². The van der Waals surface area contributed by atoms with Gasteiger partial charge in [0.15, 0.2) is 0 Å². The molecular formula is C11H11BrIN3O. The van der Waals surface area contributed by atoms with E-state index in [4.69, 9.17) is 0 Å². The molecule has 1 N–H and O–H groups in total. The first-order chi connectivity index (χ1) is 7.88. The maximum absolute atomic E-state index is 9.82. The minimum atomic E-state index is -0.971. The van der Waals surface area contributed by atoms with Gasteiger partial charge in [0.25, 0.3) is 0 Å². The third kappa shape index (κ3) is 2.86. The molecule has 0 saturated carbocycles. The summed E-state index contributed by atoms with van der Waals surface area (Å²) in [5.74, 6) is 0. The second-order valence-electron chi connectivity index (χ2n) is 4.21. The molecule has 2 aromatic rings. The van der Waals surface area contributed by atoms with E-state index < -0.39 is 5.60 Å². The predicted octanol–water partition coefficient (Wildman–Crippen LogP) is 2.86. The highest BCUT2D eigenvalue weighted by atomic mass is 127. The van der Waals surface area contributed by atoms with E-state index in [9.17, 15) is 5.11 Å². The van der Waals surface area contributed by atoms with E-state index in [0.29, 0.717) is 5.69 Å². The van der Waals surface area contributed by atoms with E-state index >= 15 is 0 Å². The van der Waals surface area contributed by atoms with Gasteiger partial charge in [0.2, 0.25) is 0 Å². The molecule has 1 aromatic carbocycles. The number of rotatable bonds is 2. The summed E-state index contributed by atoms with van der Waals surface area (Å²) in [6.07, 6.45) is 1.74. The highest BCUT2D eigenvalue weighted by molar-refractivity contribution is 14.1. The van der Waals surface area contributed by atoms with Crippen molar-refractivity contribution in [2.45, 2.75) is 19.4 Å². The summed E-state index contributed by atoms with van der Waals surface area (Å²) in [6.45, 7) is 3.37. The van der Waals surface area contributed by atoms with Crippen molar-refractivity contribution in [3.63, 3.8) is 0 Å². The van der Waals surface area contributed by atoms with Crippen molar-refractivity contribution < 1.29 is 5.11 Å². The molecule has 0 atom stereocenters. The van der Waals surface area contributed by atoms with Crippen molar-refractivity contribution in [3.8, 4) is 5.69 Å². The van der Waals surface area contributed by atoms with Crippen LogP contribution in [0.5, 0.6) is 0 Å². The first-order valence-electron chi connectivity index (χ1n) is 4.98. The Bertz CT molecular complexity index is 548. The quantitative estimate of drug-likeness (QED) is 0.778. The van der Waals surface area contributed by atoms with Crippen LogP contribution in [0.25, 0.3) is 5.69 Å². The summed E-state index contributed by atoms with van der Waals surface area (Å²) >= 11 is 5.69. The van der Waals surface area contributed by atoms with Crippen LogP contribution in [-0.2, 0) is 5.60 Å². The summed E-state index contributed by atoms with van der Waals surface area (Å²) in [7, 11) is 0. The van der Waals surface area contributed by atoms with Crippen LogP contribution in [0.1, 0.15) is 19.5 Å². The summed E-state index contributed by atoms with van der Waals surface area (Å²) in [5, 5.41) is 17.8. The van der Waals surface area contributed by atoms with Crippen molar-refractivity contribution >= 4 is 38.5 Å². The zero-order chi connectivity index (χ0) is 12.6. The van der Waals surface area contributed by atoms with Crippen LogP contribution >= 0.6 is 38.5 Å². The summed E-state index contributed by atoms with van der Waals surface area (Å²) in [6, 6.07) is 5.89. The number of nitrogens with zero attached hydrogens (tertiary/aromatic N) is 3. The lowest BCUT2D eigenvalue weighted by molar-refractivity contribution is 0.0737. The predicted molar refractivity (Wildman–Crippen MR) is 77.0 cm³/mol. The van der Waals surface area contributed by atoms with Crippen molar-refractivity contribution in [1.29, 1.82) is 0 Å². The molecule has 0 bridgehead atoms. The van der Waals surface area contributed by atoms with Crippen LogP contribution in [0.3, 0.4) is 0 Å². The molecule has 6 heteroatoms.